The number of benzene rings is 2. The third-order valence-corrected chi connectivity index (χ3v) is 7.05. The van der Waals surface area contributed by atoms with Crippen molar-refractivity contribution in [3.63, 3.8) is 0 Å². The summed E-state index contributed by atoms with van der Waals surface area (Å²) in [5, 5.41) is 2.94. The fourth-order valence-corrected chi connectivity index (χ4v) is 5.40. The van der Waals surface area contributed by atoms with Gasteiger partial charge in [0, 0.05) is 26.9 Å². The van der Waals surface area contributed by atoms with E-state index in [9.17, 15) is 9.59 Å². The molecular weight excluding hydrogens is 452 g/mol. The van der Waals surface area contributed by atoms with Crippen LogP contribution in [0.2, 0.25) is 0 Å². The monoisotopic (exact) mass is 472 g/mol. The van der Waals surface area contributed by atoms with Gasteiger partial charge < -0.3 is 4.74 Å². The van der Waals surface area contributed by atoms with E-state index in [0.29, 0.717) is 4.91 Å². The van der Waals surface area contributed by atoms with Crippen LogP contribution in [0.1, 0.15) is 19.4 Å². The Morgan fingerprint density at radius 1 is 1.00 bits per heavy atom. The molecule has 0 spiro atoms. The van der Waals surface area contributed by atoms with E-state index in [4.69, 9.17) is 4.74 Å². The summed E-state index contributed by atoms with van der Waals surface area (Å²) in [5.74, 6) is 0.500. The molecule has 2 aromatic heterocycles. The lowest BCUT2D eigenvalue weighted by atomic mass is 10.0. The van der Waals surface area contributed by atoms with Gasteiger partial charge in [-0.05, 0) is 85.3 Å². The van der Waals surface area contributed by atoms with Crippen LogP contribution in [0.15, 0.2) is 71.8 Å². The van der Waals surface area contributed by atoms with E-state index >= 15 is 0 Å². The lowest BCUT2D eigenvalue weighted by molar-refractivity contribution is -0.115. The molecule has 5 nitrogen and oxygen atoms in total. The Kier molecular flexibility index (Phi) is 5.74. The molecule has 1 N–H and O–H groups in total. The van der Waals surface area contributed by atoms with E-state index in [1.807, 2.05) is 56.4 Å². The number of hydrogen-bond acceptors (Lipinski definition) is 6. The van der Waals surface area contributed by atoms with Crippen molar-refractivity contribution in [2.75, 3.05) is 0 Å². The zero-order chi connectivity index (χ0) is 22.9. The number of carbonyl (C=O) groups excluding carboxylic acids is 2. The molecule has 1 saturated heterocycles. The highest BCUT2D eigenvalue weighted by atomic mass is 32.2. The lowest BCUT2D eigenvalue weighted by Gasteiger charge is -2.10. The van der Waals surface area contributed by atoms with E-state index in [0.717, 1.165) is 54.9 Å². The number of pyridine rings is 1. The van der Waals surface area contributed by atoms with Crippen molar-refractivity contribution in [3.05, 3.63) is 77.3 Å². The van der Waals surface area contributed by atoms with Gasteiger partial charge in [0.05, 0.1) is 16.5 Å². The molecule has 3 heterocycles. The number of hydrogen-bond donors (Lipinski definition) is 1. The van der Waals surface area contributed by atoms with E-state index in [1.54, 1.807) is 17.4 Å². The Morgan fingerprint density at radius 3 is 2.64 bits per heavy atom. The normalized spacial score (nSPS) is 14.9. The third kappa shape index (κ3) is 4.55. The van der Waals surface area contributed by atoms with Gasteiger partial charge in [0.1, 0.15) is 5.75 Å². The van der Waals surface area contributed by atoms with Crippen molar-refractivity contribution in [3.8, 4) is 26.6 Å². The van der Waals surface area contributed by atoms with Crippen LogP contribution in [0.4, 0.5) is 4.79 Å². The molecule has 0 atom stereocenters. The maximum atomic E-state index is 11.9. The van der Waals surface area contributed by atoms with Gasteiger partial charge in [-0.3, -0.25) is 19.9 Å². The SMILES string of the molecule is CC(C)Oc1cccc(-c2ccc(-c3ccnc4ccc(C=C5SC(=O)NC5=O)cc34)s2)c1. The number of nitrogens with zero attached hydrogens (tertiary/aromatic N) is 1. The highest BCUT2D eigenvalue weighted by Crippen LogP contribution is 2.38. The first-order valence-electron chi connectivity index (χ1n) is 10.5. The largest absolute Gasteiger partial charge is 0.491 e. The Balaban J connectivity index is 1.52. The van der Waals surface area contributed by atoms with Crippen LogP contribution in [0.25, 0.3) is 37.9 Å². The van der Waals surface area contributed by atoms with Gasteiger partial charge in [0.25, 0.3) is 11.1 Å². The molecule has 1 aliphatic heterocycles. The van der Waals surface area contributed by atoms with Gasteiger partial charge in [0.2, 0.25) is 0 Å². The summed E-state index contributed by atoms with van der Waals surface area (Å²) in [5.41, 5.74) is 3.91. The van der Waals surface area contributed by atoms with Crippen molar-refractivity contribution in [2.24, 2.45) is 0 Å². The lowest BCUT2D eigenvalue weighted by Crippen LogP contribution is -2.17. The van der Waals surface area contributed by atoms with Crippen molar-refractivity contribution < 1.29 is 14.3 Å². The van der Waals surface area contributed by atoms with E-state index in [2.05, 4.69) is 34.6 Å². The minimum absolute atomic E-state index is 0.123. The van der Waals surface area contributed by atoms with E-state index < -0.39 is 0 Å². The predicted octanol–water partition coefficient (Wildman–Crippen LogP) is 6.74. The fourth-order valence-electron chi connectivity index (χ4n) is 3.67. The summed E-state index contributed by atoms with van der Waals surface area (Å²) in [6, 6.07) is 20.2. The number of rotatable bonds is 5. The van der Waals surface area contributed by atoms with Gasteiger partial charge in [0.15, 0.2) is 0 Å². The predicted molar refractivity (Wildman–Crippen MR) is 135 cm³/mol. The molecule has 0 saturated carbocycles. The Morgan fingerprint density at radius 2 is 1.85 bits per heavy atom. The second-order valence-electron chi connectivity index (χ2n) is 7.85. The smallest absolute Gasteiger partial charge is 0.290 e. The van der Waals surface area contributed by atoms with Crippen molar-refractivity contribution >= 4 is 51.2 Å². The van der Waals surface area contributed by atoms with Crippen molar-refractivity contribution in [1.82, 2.24) is 10.3 Å². The Bertz CT molecular complexity index is 1420. The van der Waals surface area contributed by atoms with Crippen molar-refractivity contribution in [1.29, 1.82) is 0 Å². The molecule has 7 heteroatoms. The minimum atomic E-state index is -0.358. The average Bonchev–Trinajstić information content (AvgIpc) is 3.39. The molecule has 164 valence electrons. The molecule has 0 unspecified atom stereocenters. The number of amides is 2. The van der Waals surface area contributed by atoms with Gasteiger partial charge in [-0.15, -0.1) is 11.3 Å². The molecule has 5 rings (SSSR count). The van der Waals surface area contributed by atoms with Gasteiger partial charge in [-0.1, -0.05) is 18.2 Å². The average molecular weight is 473 g/mol. The second-order valence-corrected chi connectivity index (χ2v) is 9.94. The first-order valence-corrected chi connectivity index (χ1v) is 12.1. The number of imide groups is 1. The molecule has 0 aliphatic carbocycles. The zero-order valence-corrected chi connectivity index (χ0v) is 19.6. The maximum absolute atomic E-state index is 11.9. The minimum Gasteiger partial charge on any atom is -0.491 e. The summed E-state index contributed by atoms with van der Waals surface area (Å²) in [4.78, 5) is 30.6. The molecule has 33 heavy (non-hydrogen) atoms. The highest BCUT2D eigenvalue weighted by Gasteiger charge is 2.25. The van der Waals surface area contributed by atoms with Gasteiger partial charge >= 0.3 is 0 Å². The molecule has 0 radical (unpaired) electrons. The molecular formula is C26H20N2O3S2. The Labute approximate surface area is 199 Å². The molecule has 2 amide bonds. The van der Waals surface area contributed by atoms with Crippen LogP contribution in [0.5, 0.6) is 5.75 Å². The van der Waals surface area contributed by atoms with Crippen molar-refractivity contribution in [2.45, 2.75) is 20.0 Å². The summed E-state index contributed by atoms with van der Waals surface area (Å²) in [6.45, 7) is 4.04. The van der Waals surface area contributed by atoms with Gasteiger partial charge in [-0.2, -0.15) is 0 Å². The topological polar surface area (TPSA) is 68.3 Å². The first-order chi connectivity index (χ1) is 16.0. The quantitative estimate of drug-likeness (QED) is 0.326. The van der Waals surface area contributed by atoms with Crippen LogP contribution in [-0.2, 0) is 4.79 Å². The van der Waals surface area contributed by atoms with Crippen LogP contribution in [0.3, 0.4) is 0 Å². The fraction of sp³-hybridized carbons (Fsp3) is 0.115. The first kappa shape index (κ1) is 21.4. The van der Waals surface area contributed by atoms with Crippen LogP contribution >= 0.6 is 23.1 Å². The van der Waals surface area contributed by atoms with Crippen LogP contribution in [0, 0.1) is 0 Å². The summed E-state index contributed by atoms with van der Waals surface area (Å²) < 4.78 is 5.85. The molecule has 1 aliphatic rings. The van der Waals surface area contributed by atoms with Crippen LogP contribution < -0.4 is 10.1 Å². The summed E-state index contributed by atoms with van der Waals surface area (Å²) >= 11 is 2.63. The number of carbonyl (C=O) groups is 2. The van der Waals surface area contributed by atoms with E-state index in [-0.39, 0.29) is 17.3 Å². The number of nitrogens with one attached hydrogen (secondary N) is 1. The number of aromatic nitrogens is 1. The maximum Gasteiger partial charge on any atom is 0.290 e. The summed E-state index contributed by atoms with van der Waals surface area (Å²) in [6.07, 6.45) is 3.67. The number of fused-ring (bicyclic) bond motifs is 1. The molecule has 2 aromatic carbocycles. The number of thiophene rings is 1. The zero-order valence-electron chi connectivity index (χ0n) is 18.0. The number of ether oxygens (including phenoxy) is 1. The highest BCUT2D eigenvalue weighted by molar-refractivity contribution is 8.18. The van der Waals surface area contributed by atoms with Gasteiger partial charge in [-0.25, -0.2) is 0 Å². The number of thioether (sulfide) groups is 1. The molecule has 1 fully saturated rings. The van der Waals surface area contributed by atoms with E-state index in [1.165, 1.54) is 0 Å². The molecule has 4 aromatic rings. The molecule has 0 bridgehead atoms. The third-order valence-electron chi connectivity index (χ3n) is 5.07. The van der Waals surface area contributed by atoms with Crippen LogP contribution in [-0.4, -0.2) is 22.2 Å². The Hall–Kier alpha value is -3.42. The summed E-state index contributed by atoms with van der Waals surface area (Å²) in [7, 11) is 0. The second kappa shape index (κ2) is 8.84. The standard InChI is InChI=1S/C26H20N2O3S2/c1-15(2)31-18-5-3-4-17(14-18)22-8-9-23(32-22)19-10-11-27-21-7-6-16(12-20(19)21)13-24-25(29)28-26(30)33-24/h3-15H,1-2H3,(H,28,29,30).